The average Bonchev–Trinajstić information content (AvgIpc) is 2.82. The zero-order valence-corrected chi connectivity index (χ0v) is 15.5. The smallest absolute Gasteiger partial charge is 0.185 e. The standard InChI is InChI=1S/C17H33N3S/c1-7-9-15-16(11-18-10-13(3)4)21-17(19-15)20(6)12-14(5)8-2/h13-14,18H,7-12H2,1-6H3. The minimum absolute atomic E-state index is 0.695. The summed E-state index contributed by atoms with van der Waals surface area (Å²) in [6, 6.07) is 0. The van der Waals surface area contributed by atoms with E-state index in [0.717, 1.165) is 38.4 Å². The van der Waals surface area contributed by atoms with Crippen molar-refractivity contribution >= 4 is 16.5 Å². The summed E-state index contributed by atoms with van der Waals surface area (Å²) >= 11 is 1.86. The Kier molecular flexibility index (Phi) is 8.27. The normalized spacial score (nSPS) is 12.9. The Labute approximate surface area is 135 Å². The first-order valence-electron chi connectivity index (χ1n) is 8.38. The van der Waals surface area contributed by atoms with Crippen LogP contribution in [0.5, 0.6) is 0 Å². The maximum Gasteiger partial charge on any atom is 0.185 e. The van der Waals surface area contributed by atoms with Crippen LogP contribution >= 0.6 is 11.3 Å². The number of thiazole rings is 1. The lowest BCUT2D eigenvalue weighted by molar-refractivity contribution is 0.553. The molecule has 0 radical (unpaired) electrons. The molecule has 122 valence electrons. The van der Waals surface area contributed by atoms with E-state index < -0.39 is 0 Å². The molecule has 0 aliphatic carbocycles. The van der Waals surface area contributed by atoms with E-state index in [1.165, 1.54) is 22.1 Å². The van der Waals surface area contributed by atoms with Crippen LogP contribution in [0, 0.1) is 11.8 Å². The van der Waals surface area contributed by atoms with Crippen LogP contribution in [-0.2, 0) is 13.0 Å². The number of aromatic nitrogens is 1. The van der Waals surface area contributed by atoms with Gasteiger partial charge < -0.3 is 10.2 Å². The predicted octanol–water partition coefficient (Wildman–Crippen LogP) is 4.32. The lowest BCUT2D eigenvalue weighted by Crippen LogP contribution is -2.23. The van der Waals surface area contributed by atoms with E-state index in [1.54, 1.807) is 0 Å². The maximum absolute atomic E-state index is 4.89. The van der Waals surface area contributed by atoms with Crippen molar-refractivity contribution in [3.05, 3.63) is 10.6 Å². The molecule has 0 saturated heterocycles. The first-order valence-corrected chi connectivity index (χ1v) is 9.19. The molecule has 21 heavy (non-hydrogen) atoms. The van der Waals surface area contributed by atoms with Crippen molar-refractivity contribution in [2.75, 3.05) is 25.0 Å². The van der Waals surface area contributed by atoms with Crippen LogP contribution in [0.2, 0.25) is 0 Å². The highest BCUT2D eigenvalue weighted by atomic mass is 32.1. The molecular weight excluding hydrogens is 278 g/mol. The highest BCUT2D eigenvalue weighted by Crippen LogP contribution is 2.27. The van der Waals surface area contributed by atoms with Crippen molar-refractivity contribution in [2.24, 2.45) is 11.8 Å². The van der Waals surface area contributed by atoms with Gasteiger partial charge in [0.25, 0.3) is 0 Å². The Morgan fingerprint density at radius 3 is 2.52 bits per heavy atom. The lowest BCUT2D eigenvalue weighted by atomic mass is 10.1. The molecule has 0 bridgehead atoms. The summed E-state index contributed by atoms with van der Waals surface area (Å²) in [5, 5.41) is 4.74. The van der Waals surface area contributed by atoms with E-state index in [0.29, 0.717) is 5.92 Å². The van der Waals surface area contributed by atoms with Crippen LogP contribution in [0.3, 0.4) is 0 Å². The van der Waals surface area contributed by atoms with Crippen molar-refractivity contribution in [2.45, 2.75) is 60.4 Å². The summed E-state index contributed by atoms with van der Waals surface area (Å²) in [5.41, 5.74) is 1.30. The molecule has 0 amide bonds. The fourth-order valence-electron chi connectivity index (χ4n) is 2.25. The first kappa shape index (κ1) is 18.4. The van der Waals surface area contributed by atoms with Gasteiger partial charge in [-0.2, -0.15) is 0 Å². The fraction of sp³-hybridized carbons (Fsp3) is 0.824. The van der Waals surface area contributed by atoms with Gasteiger partial charge in [-0.3, -0.25) is 0 Å². The van der Waals surface area contributed by atoms with Gasteiger partial charge in [0.1, 0.15) is 0 Å². The van der Waals surface area contributed by atoms with Crippen molar-refractivity contribution in [3.8, 4) is 0 Å². The topological polar surface area (TPSA) is 28.2 Å². The molecule has 0 saturated carbocycles. The number of nitrogens with zero attached hydrogens (tertiary/aromatic N) is 2. The van der Waals surface area contributed by atoms with Gasteiger partial charge in [-0.15, -0.1) is 11.3 Å². The van der Waals surface area contributed by atoms with Crippen molar-refractivity contribution in [1.82, 2.24) is 10.3 Å². The highest BCUT2D eigenvalue weighted by Gasteiger charge is 2.14. The van der Waals surface area contributed by atoms with Gasteiger partial charge in [0.05, 0.1) is 5.69 Å². The molecule has 0 aliphatic rings. The summed E-state index contributed by atoms with van der Waals surface area (Å²) in [6.45, 7) is 14.4. The quantitative estimate of drug-likeness (QED) is 0.697. The summed E-state index contributed by atoms with van der Waals surface area (Å²) in [7, 11) is 2.17. The largest absolute Gasteiger partial charge is 0.351 e. The van der Waals surface area contributed by atoms with Crippen LogP contribution in [-0.4, -0.2) is 25.1 Å². The molecular formula is C17H33N3S. The third-order valence-electron chi connectivity index (χ3n) is 3.70. The molecule has 1 atom stereocenters. The third-order valence-corrected chi connectivity index (χ3v) is 4.91. The first-order chi connectivity index (χ1) is 9.97. The van der Waals surface area contributed by atoms with Crippen LogP contribution in [0.25, 0.3) is 0 Å². The molecule has 0 aromatic carbocycles. The van der Waals surface area contributed by atoms with Gasteiger partial charge in [-0.1, -0.05) is 47.5 Å². The predicted molar refractivity (Wildman–Crippen MR) is 95.4 cm³/mol. The zero-order chi connectivity index (χ0) is 15.8. The van der Waals surface area contributed by atoms with E-state index in [-0.39, 0.29) is 0 Å². The van der Waals surface area contributed by atoms with Gasteiger partial charge >= 0.3 is 0 Å². The zero-order valence-electron chi connectivity index (χ0n) is 14.7. The van der Waals surface area contributed by atoms with Crippen LogP contribution in [0.15, 0.2) is 0 Å². The second kappa shape index (κ2) is 9.42. The van der Waals surface area contributed by atoms with Crippen LogP contribution in [0.1, 0.15) is 58.0 Å². The second-order valence-electron chi connectivity index (χ2n) is 6.54. The summed E-state index contributed by atoms with van der Waals surface area (Å²) in [5.74, 6) is 1.41. The minimum atomic E-state index is 0.695. The molecule has 1 aromatic rings. The molecule has 0 aliphatic heterocycles. The molecule has 1 unspecified atom stereocenters. The number of anilines is 1. The Balaban J connectivity index is 2.72. The number of aryl methyl sites for hydroxylation is 1. The molecule has 0 fully saturated rings. The molecule has 4 heteroatoms. The third kappa shape index (κ3) is 6.35. The molecule has 1 heterocycles. The molecule has 1 rings (SSSR count). The number of rotatable bonds is 10. The van der Waals surface area contributed by atoms with Gasteiger partial charge in [-0.05, 0) is 24.8 Å². The van der Waals surface area contributed by atoms with Gasteiger partial charge in [0, 0.05) is 25.0 Å². The SMILES string of the molecule is CCCc1nc(N(C)CC(C)CC)sc1CNCC(C)C. The van der Waals surface area contributed by atoms with Crippen LogP contribution in [0.4, 0.5) is 5.13 Å². The Bertz CT molecular complexity index is 401. The van der Waals surface area contributed by atoms with Gasteiger partial charge in [0.15, 0.2) is 5.13 Å². The lowest BCUT2D eigenvalue weighted by Gasteiger charge is -2.19. The summed E-state index contributed by atoms with van der Waals surface area (Å²) in [4.78, 5) is 8.63. The molecule has 0 spiro atoms. The molecule has 1 aromatic heterocycles. The summed E-state index contributed by atoms with van der Waals surface area (Å²) in [6.07, 6.45) is 3.47. The van der Waals surface area contributed by atoms with E-state index in [9.17, 15) is 0 Å². The maximum atomic E-state index is 4.89. The molecule has 3 nitrogen and oxygen atoms in total. The van der Waals surface area contributed by atoms with E-state index in [1.807, 2.05) is 11.3 Å². The van der Waals surface area contributed by atoms with E-state index in [4.69, 9.17) is 4.98 Å². The Hall–Kier alpha value is -0.610. The second-order valence-corrected chi connectivity index (χ2v) is 7.60. The Morgan fingerprint density at radius 1 is 1.24 bits per heavy atom. The fourth-order valence-corrected chi connectivity index (χ4v) is 3.30. The van der Waals surface area contributed by atoms with Crippen molar-refractivity contribution in [1.29, 1.82) is 0 Å². The minimum Gasteiger partial charge on any atom is -0.351 e. The Morgan fingerprint density at radius 2 is 1.95 bits per heavy atom. The molecule has 1 N–H and O–H groups in total. The average molecular weight is 312 g/mol. The number of hydrogen-bond donors (Lipinski definition) is 1. The van der Waals surface area contributed by atoms with Crippen LogP contribution < -0.4 is 10.2 Å². The van der Waals surface area contributed by atoms with Crippen molar-refractivity contribution < 1.29 is 0 Å². The van der Waals surface area contributed by atoms with E-state index >= 15 is 0 Å². The number of nitrogens with one attached hydrogen (secondary N) is 1. The summed E-state index contributed by atoms with van der Waals surface area (Å²) < 4.78 is 0. The monoisotopic (exact) mass is 311 g/mol. The van der Waals surface area contributed by atoms with Crippen molar-refractivity contribution in [3.63, 3.8) is 0 Å². The van der Waals surface area contributed by atoms with E-state index in [2.05, 4.69) is 51.9 Å². The van der Waals surface area contributed by atoms with Gasteiger partial charge in [-0.25, -0.2) is 4.98 Å². The number of hydrogen-bond acceptors (Lipinski definition) is 4. The highest BCUT2D eigenvalue weighted by molar-refractivity contribution is 7.15. The van der Waals surface area contributed by atoms with Gasteiger partial charge in [0.2, 0.25) is 0 Å².